The van der Waals surface area contributed by atoms with Crippen LogP contribution in [0.1, 0.15) is 19.7 Å². The summed E-state index contributed by atoms with van der Waals surface area (Å²) < 4.78 is 15.2. The van der Waals surface area contributed by atoms with Gasteiger partial charge in [-0.25, -0.2) is 9.37 Å². The van der Waals surface area contributed by atoms with Crippen molar-refractivity contribution in [3.8, 4) is 0 Å². The molecular weight excluding hydrogens is 257 g/mol. The lowest BCUT2D eigenvalue weighted by Gasteiger charge is -2.09. The average molecular weight is 279 g/mol. The zero-order valence-electron chi connectivity index (χ0n) is 12.1. The van der Waals surface area contributed by atoms with E-state index in [4.69, 9.17) is 0 Å². The predicted molar refractivity (Wildman–Crippen MR) is 78.2 cm³/mol. The standard InChI is InChI=1S/C15H22FN3O/c1-11(2)10-17-6-5-15-18-13-9-12(16)3-4-14(13)19(15)7-8-20/h3-4,9,11,17,20H,5-8,10H2,1-2H3. The van der Waals surface area contributed by atoms with Crippen molar-refractivity contribution in [2.75, 3.05) is 19.7 Å². The monoisotopic (exact) mass is 279 g/mol. The summed E-state index contributed by atoms with van der Waals surface area (Å²) in [7, 11) is 0. The molecule has 0 aliphatic heterocycles. The van der Waals surface area contributed by atoms with Crippen LogP contribution in [-0.2, 0) is 13.0 Å². The van der Waals surface area contributed by atoms with Crippen LogP contribution in [0.2, 0.25) is 0 Å². The molecule has 2 rings (SSSR count). The predicted octanol–water partition coefficient (Wildman–Crippen LogP) is 1.96. The molecule has 1 aromatic heterocycles. The van der Waals surface area contributed by atoms with Gasteiger partial charge in [-0.05, 0) is 24.6 Å². The summed E-state index contributed by atoms with van der Waals surface area (Å²) in [5.74, 6) is 1.21. The fraction of sp³-hybridized carbons (Fsp3) is 0.533. The molecular formula is C15H22FN3O. The molecule has 0 bridgehead atoms. The first-order valence-corrected chi connectivity index (χ1v) is 7.08. The molecule has 5 heteroatoms. The van der Waals surface area contributed by atoms with Gasteiger partial charge in [0, 0.05) is 25.6 Å². The number of benzene rings is 1. The van der Waals surface area contributed by atoms with Crippen LogP contribution in [0.3, 0.4) is 0 Å². The summed E-state index contributed by atoms with van der Waals surface area (Å²) in [6, 6.07) is 4.59. The Morgan fingerprint density at radius 3 is 2.90 bits per heavy atom. The molecule has 110 valence electrons. The molecule has 0 aliphatic carbocycles. The van der Waals surface area contributed by atoms with Gasteiger partial charge in [0.15, 0.2) is 0 Å². The van der Waals surface area contributed by atoms with Gasteiger partial charge in [0.05, 0.1) is 17.6 Å². The van der Waals surface area contributed by atoms with Gasteiger partial charge in [0.2, 0.25) is 0 Å². The summed E-state index contributed by atoms with van der Waals surface area (Å²) in [5, 5.41) is 12.6. The Kier molecular flexibility index (Phi) is 5.09. The molecule has 2 N–H and O–H groups in total. The topological polar surface area (TPSA) is 50.1 Å². The highest BCUT2D eigenvalue weighted by Gasteiger charge is 2.10. The molecule has 1 aromatic carbocycles. The number of halogens is 1. The van der Waals surface area contributed by atoms with Crippen molar-refractivity contribution in [2.24, 2.45) is 5.92 Å². The molecule has 4 nitrogen and oxygen atoms in total. The third-order valence-corrected chi connectivity index (χ3v) is 3.19. The van der Waals surface area contributed by atoms with Crippen LogP contribution in [0.5, 0.6) is 0 Å². The molecule has 2 aromatic rings. The fourth-order valence-corrected chi connectivity index (χ4v) is 2.28. The smallest absolute Gasteiger partial charge is 0.125 e. The highest BCUT2D eigenvalue weighted by Crippen LogP contribution is 2.17. The van der Waals surface area contributed by atoms with Crippen molar-refractivity contribution in [3.05, 3.63) is 29.8 Å². The molecule has 0 atom stereocenters. The Morgan fingerprint density at radius 1 is 1.40 bits per heavy atom. The van der Waals surface area contributed by atoms with E-state index in [9.17, 15) is 9.50 Å². The zero-order valence-corrected chi connectivity index (χ0v) is 12.1. The van der Waals surface area contributed by atoms with E-state index in [2.05, 4.69) is 24.1 Å². The first-order valence-electron chi connectivity index (χ1n) is 7.08. The van der Waals surface area contributed by atoms with Gasteiger partial charge in [-0.1, -0.05) is 13.8 Å². The number of aromatic nitrogens is 2. The van der Waals surface area contributed by atoms with Crippen LogP contribution in [-0.4, -0.2) is 34.4 Å². The molecule has 0 amide bonds. The maximum atomic E-state index is 13.2. The Balaban J connectivity index is 2.16. The van der Waals surface area contributed by atoms with Gasteiger partial charge in [-0.15, -0.1) is 0 Å². The van der Waals surface area contributed by atoms with Gasteiger partial charge in [0.25, 0.3) is 0 Å². The second-order valence-electron chi connectivity index (χ2n) is 5.38. The number of rotatable bonds is 7. The maximum absolute atomic E-state index is 13.2. The Labute approximate surface area is 118 Å². The first kappa shape index (κ1) is 14.9. The normalized spacial score (nSPS) is 11.7. The second-order valence-corrected chi connectivity index (χ2v) is 5.38. The lowest BCUT2D eigenvalue weighted by atomic mass is 10.2. The molecule has 0 fully saturated rings. The summed E-state index contributed by atoms with van der Waals surface area (Å²) in [4.78, 5) is 4.48. The Hall–Kier alpha value is -1.46. The highest BCUT2D eigenvalue weighted by molar-refractivity contribution is 5.76. The largest absolute Gasteiger partial charge is 0.395 e. The van der Waals surface area contributed by atoms with Crippen LogP contribution >= 0.6 is 0 Å². The number of fused-ring (bicyclic) bond motifs is 1. The number of hydrogen-bond donors (Lipinski definition) is 2. The van der Waals surface area contributed by atoms with Crippen LogP contribution in [0.15, 0.2) is 18.2 Å². The molecule has 0 spiro atoms. The molecule has 0 aliphatic rings. The van der Waals surface area contributed by atoms with Gasteiger partial charge in [-0.2, -0.15) is 0 Å². The molecule has 20 heavy (non-hydrogen) atoms. The van der Waals surface area contributed by atoms with Crippen molar-refractivity contribution in [1.82, 2.24) is 14.9 Å². The lowest BCUT2D eigenvalue weighted by molar-refractivity contribution is 0.276. The van der Waals surface area contributed by atoms with Gasteiger partial charge < -0.3 is 15.0 Å². The average Bonchev–Trinajstić information content (AvgIpc) is 2.72. The van der Waals surface area contributed by atoms with E-state index < -0.39 is 0 Å². The van der Waals surface area contributed by atoms with E-state index in [0.29, 0.717) is 18.0 Å². The van der Waals surface area contributed by atoms with Crippen molar-refractivity contribution >= 4 is 11.0 Å². The second kappa shape index (κ2) is 6.81. The minimum absolute atomic E-state index is 0.0509. The number of nitrogens with one attached hydrogen (secondary N) is 1. The quantitative estimate of drug-likeness (QED) is 0.762. The third-order valence-electron chi connectivity index (χ3n) is 3.19. The number of imidazole rings is 1. The van der Waals surface area contributed by atoms with Crippen LogP contribution in [0.4, 0.5) is 4.39 Å². The fourth-order valence-electron chi connectivity index (χ4n) is 2.28. The summed E-state index contributed by atoms with van der Waals surface area (Å²) in [6.45, 7) is 6.66. The van der Waals surface area contributed by atoms with Crippen molar-refractivity contribution in [3.63, 3.8) is 0 Å². The highest BCUT2D eigenvalue weighted by atomic mass is 19.1. The maximum Gasteiger partial charge on any atom is 0.125 e. The molecule has 1 heterocycles. The first-order chi connectivity index (χ1) is 9.61. The summed E-state index contributed by atoms with van der Waals surface area (Å²) in [6.07, 6.45) is 0.767. The summed E-state index contributed by atoms with van der Waals surface area (Å²) >= 11 is 0. The SMILES string of the molecule is CC(C)CNCCc1nc2cc(F)ccc2n1CCO. The molecule has 0 radical (unpaired) electrons. The van der Waals surface area contributed by atoms with Crippen molar-refractivity contribution in [1.29, 1.82) is 0 Å². The minimum atomic E-state index is -0.282. The van der Waals surface area contributed by atoms with Gasteiger partial charge in [-0.3, -0.25) is 0 Å². The van der Waals surface area contributed by atoms with Crippen LogP contribution in [0, 0.1) is 11.7 Å². The zero-order chi connectivity index (χ0) is 14.5. The molecule has 0 saturated heterocycles. The Bertz CT molecular complexity index is 565. The van der Waals surface area contributed by atoms with Gasteiger partial charge in [0.1, 0.15) is 11.6 Å². The number of nitrogens with zero attached hydrogens (tertiary/aromatic N) is 2. The number of aliphatic hydroxyl groups excluding tert-OH is 1. The number of hydrogen-bond acceptors (Lipinski definition) is 3. The number of aliphatic hydroxyl groups is 1. The van der Waals surface area contributed by atoms with Gasteiger partial charge >= 0.3 is 0 Å². The van der Waals surface area contributed by atoms with Crippen molar-refractivity contribution < 1.29 is 9.50 Å². The molecule has 0 saturated carbocycles. The van der Waals surface area contributed by atoms with E-state index in [1.807, 2.05) is 4.57 Å². The van der Waals surface area contributed by atoms with Crippen molar-refractivity contribution in [2.45, 2.75) is 26.8 Å². The summed E-state index contributed by atoms with van der Waals surface area (Å²) in [5.41, 5.74) is 1.52. The van der Waals surface area contributed by atoms with Crippen LogP contribution in [0.25, 0.3) is 11.0 Å². The third kappa shape index (κ3) is 3.55. The van der Waals surface area contributed by atoms with E-state index in [1.165, 1.54) is 12.1 Å². The van der Waals surface area contributed by atoms with E-state index in [0.717, 1.165) is 30.9 Å². The van der Waals surface area contributed by atoms with Crippen LogP contribution < -0.4 is 5.32 Å². The lowest BCUT2D eigenvalue weighted by Crippen LogP contribution is -2.23. The molecule has 0 unspecified atom stereocenters. The minimum Gasteiger partial charge on any atom is -0.395 e. The van der Waals surface area contributed by atoms with E-state index in [1.54, 1.807) is 6.07 Å². The Morgan fingerprint density at radius 2 is 2.20 bits per heavy atom. The van der Waals surface area contributed by atoms with E-state index in [-0.39, 0.29) is 12.4 Å². The van der Waals surface area contributed by atoms with E-state index >= 15 is 0 Å².